The minimum atomic E-state index is -1.95. The Balaban J connectivity index is 0.000000162. The highest BCUT2D eigenvalue weighted by atomic mass is 35.5. The SMILES string of the molecule is C1CNC1.CC[Si](CC)(CC)O[C@H]1[C@H]2O[C@@H](C(O)C(C)C)C[C@@H](C)[C@@H]2[C@@]2(C)CC[C@@]34C[C@@]35CC[C@H](C)C(C)(C)[C@@H]5CC[C@H]4[C@]12C.CC[Si](CC)(CC)O[C@H]1[C@H]2O[C@@H](C(OC(=O)N3CCC3)C(C)C)C[C@@H](C)[C@@H]2[C@@]2(C)CC[C@@]34C[C@@]35CC[C@H](C)C(C)(C)[C@@H]5CC[C@H]4[C@]12C.O=C(Cl)Oc1ccc([N+](=O)[O-])cc1. The van der Waals surface area contributed by atoms with Gasteiger partial charge in [-0.2, -0.15) is 0 Å². The number of nitro groups is 1. The normalized spacial score (nSPS) is 44.4. The maximum Gasteiger partial charge on any atom is 0.410 e. The molecule has 14 nitrogen and oxygen atoms in total. The van der Waals surface area contributed by atoms with Crippen LogP contribution in [0.2, 0.25) is 36.3 Å². The van der Waals surface area contributed by atoms with Crippen molar-refractivity contribution in [2.75, 3.05) is 26.2 Å². The number of aliphatic hydroxyl groups excluding tert-OH is 1. The summed E-state index contributed by atoms with van der Waals surface area (Å²) in [7, 11) is -3.84. The second-order valence-electron chi connectivity index (χ2n) is 40.9. The average molecular weight is 1520 g/mol. The van der Waals surface area contributed by atoms with E-state index in [2.05, 4.69) is 162 Å². The lowest BCUT2D eigenvalue weighted by atomic mass is 9.41. The average Bonchev–Trinajstić information content (AvgIpc) is 1.46. The molecule has 1 aromatic rings. The zero-order valence-electron chi connectivity index (χ0n) is 70.0. The monoisotopic (exact) mass is 1510 g/mol. The van der Waals surface area contributed by atoms with Gasteiger partial charge in [0, 0.05) is 47.7 Å². The van der Waals surface area contributed by atoms with Gasteiger partial charge in [0.05, 0.1) is 47.7 Å². The molecule has 4 saturated heterocycles. The lowest BCUT2D eigenvalue weighted by Gasteiger charge is -2.64. The first-order chi connectivity index (χ1) is 49.3. The van der Waals surface area contributed by atoms with Crippen molar-refractivity contribution in [3.63, 3.8) is 0 Å². The number of carbonyl (C=O) groups excluding carboxylic acids is 2. The second-order valence-corrected chi connectivity index (χ2v) is 50.7. The number of benzene rings is 1. The Bertz CT molecular complexity index is 3230. The van der Waals surface area contributed by atoms with E-state index in [1.807, 2.05) is 4.90 Å². The van der Waals surface area contributed by atoms with Crippen LogP contribution in [0.15, 0.2) is 24.3 Å². The van der Waals surface area contributed by atoms with Crippen LogP contribution in [0, 0.1) is 135 Å². The molecule has 14 aliphatic rings. The lowest BCUT2D eigenvalue weighted by molar-refractivity contribution is -0.384. The van der Waals surface area contributed by atoms with Crippen LogP contribution in [0.4, 0.5) is 15.3 Å². The molecule has 0 radical (unpaired) electrons. The summed E-state index contributed by atoms with van der Waals surface area (Å²) in [6.07, 6.45) is 23.8. The molecule has 105 heavy (non-hydrogen) atoms. The zero-order valence-corrected chi connectivity index (χ0v) is 72.7. The summed E-state index contributed by atoms with van der Waals surface area (Å²) in [6, 6.07) is 12.1. The third-order valence-electron chi connectivity index (χ3n) is 36.7. The van der Waals surface area contributed by atoms with Crippen LogP contribution in [-0.2, 0) is 23.1 Å². The predicted octanol–water partition coefficient (Wildman–Crippen LogP) is 22.1. The Kier molecular flexibility index (Phi) is 23.3. The molecule has 0 aromatic heterocycles. The maximum absolute atomic E-state index is 13.2. The molecule has 1 aromatic carbocycles. The molecule has 4 aliphatic heterocycles. The minimum absolute atomic E-state index is 0.0664. The Labute approximate surface area is 643 Å². The number of nitrogens with one attached hydrogen (secondary N) is 1. The first-order valence-electron chi connectivity index (χ1n) is 43.5. The summed E-state index contributed by atoms with van der Waals surface area (Å²) >= 11 is 4.92. The summed E-state index contributed by atoms with van der Waals surface area (Å²) in [6.45, 7) is 58.8. The van der Waals surface area contributed by atoms with Crippen LogP contribution < -0.4 is 10.1 Å². The molecular weight excluding hydrogens is 1370 g/mol. The number of halogens is 1. The van der Waals surface area contributed by atoms with Gasteiger partial charge in [-0.05, 0) is 291 Å². The van der Waals surface area contributed by atoms with E-state index in [4.69, 9.17) is 34.7 Å². The van der Waals surface area contributed by atoms with Crippen LogP contribution in [0.5, 0.6) is 5.75 Å². The molecule has 4 spiro atoms. The van der Waals surface area contributed by atoms with Crippen LogP contribution in [0.25, 0.3) is 0 Å². The van der Waals surface area contributed by atoms with Crippen LogP contribution in [0.3, 0.4) is 0 Å². The smallest absolute Gasteiger partial charge is 0.410 e. The highest BCUT2D eigenvalue weighted by molar-refractivity contribution is 6.74. The van der Waals surface area contributed by atoms with E-state index in [1.54, 1.807) is 0 Å². The third kappa shape index (κ3) is 12.8. The standard InChI is InChI=1S/C41H71NO4Si.C37H66O3Si.C7H4ClNO4.C3H7N/c1-12-47(13-2,14-3)46-35-34-32(27(6)24-29(44-34)33(26(4)5)45-36(43)42-22-15-23-42)38(10)20-21-41-25-40(41)19-18-28(7)37(8,9)30(40)16-17-31(41)39(35,38)11;1-12-41(13-2,14-3)40-32-31-29(24(6)21-26(39-31)30(38)23(4)5)34(10)19-20-37-22-36(37)18-17-25(7)33(8,9)27(36)15-16-28(37)35(32,34)11;8-7(10)13-6-3-1-5(2-4-6)9(11)12;1-2-4-3-1/h26-35H,12-25H2,1-11H3;23-32,38H,12-22H2,1-11H3;1-4H;4H,1-3H2/t27-,28+,29-,30+,31+,32+,33?,34+,35+,38-,39-,40-,41+;24-,25+,26-,27+,28+,29+,30?,31+,32+,34-,35-,36-,37+;;/m11../s1. The van der Waals surface area contributed by atoms with Gasteiger partial charge in [0.2, 0.25) is 0 Å². The van der Waals surface area contributed by atoms with Crippen LogP contribution in [0.1, 0.15) is 268 Å². The number of nitrogens with zero attached hydrogens (tertiary/aromatic N) is 2. The number of nitro benzene ring substituents is 1. The number of carbonyl (C=O) groups is 2. The predicted molar refractivity (Wildman–Crippen MR) is 427 cm³/mol. The maximum atomic E-state index is 13.2. The number of hydrogen-bond acceptors (Lipinski definition) is 12. The van der Waals surface area contributed by atoms with E-state index in [9.17, 15) is 24.8 Å². The number of ether oxygens (including phenoxy) is 4. The number of hydrogen-bond donors (Lipinski definition) is 2. The van der Waals surface area contributed by atoms with Gasteiger partial charge in [-0.1, -0.05) is 152 Å². The number of aliphatic hydroxyl groups is 1. The fraction of sp³-hybridized carbons (Fsp3) is 0.909. The molecule has 10 aliphatic carbocycles. The van der Waals surface area contributed by atoms with Gasteiger partial charge in [0.15, 0.2) is 16.6 Å². The van der Waals surface area contributed by atoms with Gasteiger partial charge in [-0.25, -0.2) is 9.59 Å². The van der Waals surface area contributed by atoms with Gasteiger partial charge >= 0.3 is 11.5 Å². The topological polar surface area (TPSA) is 168 Å². The Morgan fingerprint density at radius 3 is 1.34 bits per heavy atom. The molecule has 2 N–H and O–H groups in total. The fourth-order valence-electron chi connectivity index (χ4n) is 29.0. The summed E-state index contributed by atoms with van der Waals surface area (Å²) in [4.78, 5) is 34.9. The molecular formula is C88H148ClN3O11Si2. The van der Waals surface area contributed by atoms with Crippen molar-refractivity contribution in [2.24, 2.45) is 125 Å². The van der Waals surface area contributed by atoms with E-state index >= 15 is 0 Å². The first kappa shape index (κ1) is 82.3. The van der Waals surface area contributed by atoms with Gasteiger partial charge in [-0.15, -0.1) is 0 Å². The fourth-order valence-corrected chi connectivity index (χ4v) is 34.9. The molecule has 26 atom stereocenters. The van der Waals surface area contributed by atoms with Crippen molar-refractivity contribution in [3.05, 3.63) is 34.4 Å². The van der Waals surface area contributed by atoms with Gasteiger partial charge < -0.3 is 43.1 Å². The number of non-ortho nitro benzene ring substituents is 1. The van der Waals surface area contributed by atoms with Crippen molar-refractivity contribution < 1.29 is 47.4 Å². The number of fused-ring (bicyclic) bond motifs is 8. The lowest BCUT2D eigenvalue weighted by Crippen LogP contribution is -2.60. The second kappa shape index (κ2) is 29.7. The van der Waals surface area contributed by atoms with Crippen molar-refractivity contribution in [1.29, 1.82) is 0 Å². The highest BCUT2D eigenvalue weighted by Crippen LogP contribution is 2.92. The third-order valence-corrected chi connectivity index (χ3v) is 46.0. The van der Waals surface area contributed by atoms with E-state index in [1.165, 1.54) is 170 Å². The number of rotatable bonds is 17. The van der Waals surface area contributed by atoms with Crippen molar-refractivity contribution in [3.8, 4) is 5.75 Å². The first-order valence-corrected chi connectivity index (χ1v) is 48.9. The van der Waals surface area contributed by atoms with Crippen molar-refractivity contribution >= 4 is 45.4 Å². The molecule has 14 fully saturated rings. The van der Waals surface area contributed by atoms with E-state index in [0.717, 1.165) is 61.9 Å². The summed E-state index contributed by atoms with van der Waals surface area (Å²) in [5.41, 5.74) is 2.61. The molecule has 15 rings (SSSR count). The van der Waals surface area contributed by atoms with Crippen molar-refractivity contribution in [1.82, 2.24) is 10.2 Å². The van der Waals surface area contributed by atoms with Gasteiger partial charge in [0.1, 0.15) is 11.9 Å². The van der Waals surface area contributed by atoms with E-state index in [-0.39, 0.29) is 93.8 Å². The van der Waals surface area contributed by atoms with Crippen molar-refractivity contribution in [2.45, 2.75) is 353 Å². The summed E-state index contributed by atoms with van der Waals surface area (Å²) < 4.78 is 41.3. The molecule has 1 amide bonds. The van der Waals surface area contributed by atoms with Crippen LogP contribution >= 0.6 is 11.6 Å². The van der Waals surface area contributed by atoms with Gasteiger partial charge in [0.25, 0.3) is 5.69 Å². The largest absolute Gasteiger partial charge is 0.443 e. The number of likely N-dealkylation sites (tertiary alicyclic amines) is 1. The molecule has 2 unspecified atom stereocenters. The van der Waals surface area contributed by atoms with Crippen LogP contribution in [-0.4, -0.2) is 118 Å². The minimum Gasteiger partial charge on any atom is -0.443 e. The Morgan fingerprint density at radius 1 is 0.600 bits per heavy atom. The van der Waals surface area contributed by atoms with E-state index < -0.39 is 33.1 Å². The highest BCUT2D eigenvalue weighted by Gasteiger charge is 2.87. The zero-order chi connectivity index (χ0) is 76.6. The van der Waals surface area contributed by atoms with E-state index in [0.29, 0.717) is 62.1 Å². The molecule has 17 heteroatoms. The molecule has 0 bridgehead atoms. The summed E-state index contributed by atoms with van der Waals surface area (Å²) in [5, 5.41) is 24.6. The molecule has 596 valence electrons. The quantitative estimate of drug-likeness (QED) is 0.0656. The Hall–Kier alpha value is -2.16. The molecule has 10 saturated carbocycles. The summed E-state index contributed by atoms with van der Waals surface area (Å²) in [5.74, 6) is 7.54. The van der Waals surface area contributed by atoms with Gasteiger partial charge in [-0.3, -0.25) is 10.1 Å². The molecule has 4 heterocycles. The Morgan fingerprint density at radius 2 is 0.990 bits per heavy atom. The number of amides is 1.